The summed E-state index contributed by atoms with van der Waals surface area (Å²) in [7, 11) is 0. The van der Waals surface area contributed by atoms with Crippen molar-refractivity contribution < 1.29 is 4.79 Å². The van der Waals surface area contributed by atoms with Crippen LogP contribution in [0.5, 0.6) is 0 Å². The van der Waals surface area contributed by atoms with E-state index in [1.807, 2.05) is 12.3 Å². The van der Waals surface area contributed by atoms with Gasteiger partial charge in [-0.15, -0.1) is 0 Å². The molecule has 0 aromatic carbocycles. The van der Waals surface area contributed by atoms with Crippen molar-refractivity contribution in [2.45, 2.75) is 31.8 Å². The van der Waals surface area contributed by atoms with Gasteiger partial charge < -0.3 is 5.32 Å². The normalized spacial score (nSPS) is 25.7. The summed E-state index contributed by atoms with van der Waals surface area (Å²) < 4.78 is 0. The number of carbonyl (C=O) groups excluding carboxylic acids is 1. The molecule has 0 unspecified atom stereocenters. The third kappa shape index (κ3) is 3.67. The van der Waals surface area contributed by atoms with Crippen LogP contribution in [-0.4, -0.2) is 39.9 Å². The second-order valence-corrected chi connectivity index (χ2v) is 7.73. The summed E-state index contributed by atoms with van der Waals surface area (Å²) in [5.41, 5.74) is 2.15. The number of hydrogen-bond acceptors (Lipinski definition) is 4. The van der Waals surface area contributed by atoms with Crippen molar-refractivity contribution in [1.82, 2.24) is 20.2 Å². The Balaban J connectivity index is 1.28. The Bertz CT molecular complexity index is 761. The van der Waals surface area contributed by atoms with E-state index < -0.39 is 0 Å². The van der Waals surface area contributed by atoms with Gasteiger partial charge >= 0.3 is 0 Å². The fraction of sp³-hybridized carbons (Fsp3) is 0.421. The molecular formula is C19H21ClN4O. The number of carbonyl (C=O) groups is 1. The highest BCUT2D eigenvalue weighted by atomic mass is 35.5. The van der Waals surface area contributed by atoms with Crippen LogP contribution in [0.2, 0.25) is 5.02 Å². The molecule has 0 atom stereocenters. The van der Waals surface area contributed by atoms with E-state index in [0.717, 1.165) is 38.0 Å². The van der Waals surface area contributed by atoms with Gasteiger partial charge in [-0.1, -0.05) is 11.6 Å². The van der Waals surface area contributed by atoms with Crippen LogP contribution in [0, 0.1) is 5.41 Å². The summed E-state index contributed by atoms with van der Waals surface area (Å²) in [6.45, 7) is 3.07. The molecule has 25 heavy (non-hydrogen) atoms. The van der Waals surface area contributed by atoms with Gasteiger partial charge in [0.15, 0.2) is 0 Å². The summed E-state index contributed by atoms with van der Waals surface area (Å²) in [6.07, 6.45) is 10.1. The van der Waals surface area contributed by atoms with Crippen molar-refractivity contribution >= 4 is 17.5 Å². The van der Waals surface area contributed by atoms with Crippen LogP contribution in [0.25, 0.3) is 0 Å². The largest absolute Gasteiger partial charge is 0.349 e. The molecule has 1 spiro atoms. The number of halogens is 1. The highest BCUT2D eigenvalue weighted by molar-refractivity contribution is 6.30. The molecule has 0 bridgehead atoms. The molecule has 2 aromatic heterocycles. The molecule has 1 aliphatic carbocycles. The predicted octanol–water partition coefficient (Wildman–Crippen LogP) is 2.91. The third-order valence-electron chi connectivity index (χ3n) is 5.30. The Morgan fingerprint density at radius 1 is 1.32 bits per heavy atom. The van der Waals surface area contributed by atoms with Crippen LogP contribution in [0.4, 0.5) is 0 Å². The number of likely N-dealkylation sites (tertiary alicyclic amines) is 1. The summed E-state index contributed by atoms with van der Waals surface area (Å²) in [5.74, 6) is -0.0206. The van der Waals surface area contributed by atoms with Crippen LogP contribution in [0.15, 0.2) is 43.0 Å². The van der Waals surface area contributed by atoms with E-state index in [1.54, 1.807) is 30.7 Å². The number of nitrogens with zero attached hydrogens (tertiary/aromatic N) is 3. The lowest BCUT2D eigenvalue weighted by atomic mass is 9.65. The molecule has 5 nitrogen and oxygen atoms in total. The van der Waals surface area contributed by atoms with Crippen molar-refractivity contribution in [2.24, 2.45) is 5.41 Å². The molecule has 0 radical (unpaired) electrons. The molecule has 1 aliphatic heterocycles. The van der Waals surface area contributed by atoms with Crippen LogP contribution >= 0.6 is 11.6 Å². The predicted molar refractivity (Wildman–Crippen MR) is 96.3 cm³/mol. The number of pyridine rings is 2. The number of amides is 1. The minimum atomic E-state index is -0.0206. The van der Waals surface area contributed by atoms with E-state index in [1.165, 1.54) is 6.42 Å². The van der Waals surface area contributed by atoms with E-state index in [9.17, 15) is 4.79 Å². The minimum absolute atomic E-state index is 0.0206. The van der Waals surface area contributed by atoms with E-state index in [2.05, 4.69) is 20.2 Å². The molecule has 2 aliphatic rings. The quantitative estimate of drug-likeness (QED) is 0.915. The standard InChI is InChI=1S/C19H21ClN4O/c20-16-6-14(9-22-11-16)12-24-5-3-19(13-24)7-17(8-19)23-18(25)15-2-1-4-21-10-15/h1-2,4,6,9-11,17H,3,5,7-8,12-13H2,(H,23,25). The summed E-state index contributed by atoms with van der Waals surface area (Å²) >= 11 is 6.02. The highest BCUT2D eigenvalue weighted by Gasteiger charge is 2.48. The number of rotatable bonds is 4. The second-order valence-electron chi connectivity index (χ2n) is 7.29. The van der Waals surface area contributed by atoms with E-state index in [4.69, 9.17) is 11.6 Å². The van der Waals surface area contributed by atoms with Crippen molar-refractivity contribution in [3.63, 3.8) is 0 Å². The van der Waals surface area contributed by atoms with E-state index >= 15 is 0 Å². The maximum atomic E-state index is 12.2. The number of nitrogens with one attached hydrogen (secondary N) is 1. The SMILES string of the molecule is O=C(NC1CC2(CCN(Cc3cncc(Cl)c3)C2)C1)c1cccnc1. The maximum absolute atomic E-state index is 12.2. The Morgan fingerprint density at radius 2 is 2.20 bits per heavy atom. The molecule has 1 N–H and O–H groups in total. The van der Waals surface area contributed by atoms with Gasteiger partial charge in [-0.05, 0) is 55.0 Å². The zero-order valence-electron chi connectivity index (χ0n) is 14.0. The fourth-order valence-corrected chi connectivity index (χ4v) is 4.35. The maximum Gasteiger partial charge on any atom is 0.253 e. The van der Waals surface area contributed by atoms with Gasteiger partial charge in [0.1, 0.15) is 0 Å². The first-order valence-corrected chi connectivity index (χ1v) is 9.02. The summed E-state index contributed by atoms with van der Waals surface area (Å²) in [4.78, 5) is 22.8. The van der Waals surface area contributed by atoms with E-state index in [0.29, 0.717) is 16.0 Å². The first-order valence-electron chi connectivity index (χ1n) is 8.65. The smallest absolute Gasteiger partial charge is 0.253 e. The monoisotopic (exact) mass is 356 g/mol. The highest BCUT2D eigenvalue weighted by Crippen LogP contribution is 2.48. The number of aromatic nitrogens is 2. The first-order chi connectivity index (χ1) is 12.1. The Hall–Kier alpha value is -1.98. The lowest BCUT2D eigenvalue weighted by molar-refractivity contribution is 0.0694. The lowest BCUT2D eigenvalue weighted by Gasteiger charge is -2.45. The fourth-order valence-electron chi connectivity index (χ4n) is 4.15. The average molecular weight is 357 g/mol. The van der Waals surface area contributed by atoms with Crippen LogP contribution < -0.4 is 5.32 Å². The van der Waals surface area contributed by atoms with Crippen LogP contribution in [-0.2, 0) is 6.54 Å². The van der Waals surface area contributed by atoms with Gasteiger partial charge in [-0.25, -0.2) is 0 Å². The molecule has 130 valence electrons. The van der Waals surface area contributed by atoms with Crippen molar-refractivity contribution in [1.29, 1.82) is 0 Å². The molecule has 2 fully saturated rings. The summed E-state index contributed by atoms with van der Waals surface area (Å²) in [6, 6.07) is 5.85. The number of hydrogen-bond donors (Lipinski definition) is 1. The average Bonchev–Trinajstić information content (AvgIpc) is 2.99. The topological polar surface area (TPSA) is 58.1 Å². The van der Waals surface area contributed by atoms with Gasteiger partial charge in [0.05, 0.1) is 10.6 Å². The third-order valence-corrected chi connectivity index (χ3v) is 5.51. The zero-order chi connectivity index (χ0) is 17.3. The van der Waals surface area contributed by atoms with Gasteiger partial charge in [-0.2, -0.15) is 0 Å². The molecule has 6 heteroatoms. The summed E-state index contributed by atoms with van der Waals surface area (Å²) in [5, 5.41) is 3.82. The van der Waals surface area contributed by atoms with E-state index in [-0.39, 0.29) is 11.9 Å². The second kappa shape index (κ2) is 6.73. The Morgan fingerprint density at radius 3 is 2.96 bits per heavy atom. The Kier molecular flexibility index (Phi) is 4.44. The van der Waals surface area contributed by atoms with Crippen LogP contribution in [0.1, 0.15) is 35.2 Å². The lowest BCUT2D eigenvalue weighted by Crippen LogP contribution is -2.51. The van der Waals surface area contributed by atoms with Crippen molar-refractivity contribution in [2.75, 3.05) is 13.1 Å². The van der Waals surface area contributed by atoms with Gasteiger partial charge in [0.25, 0.3) is 5.91 Å². The molecule has 1 amide bonds. The molecule has 2 aromatic rings. The Labute approximate surface area is 152 Å². The molecule has 3 heterocycles. The van der Waals surface area contributed by atoms with Gasteiger partial charge in [0, 0.05) is 43.9 Å². The minimum Gasteiger partial charge on any atom is -0.349 e. The van der Waals surface area contributed by atoms with Crippen LogP contribution in [0.3, 0.4) is 0 Å². The van der Waals surface area contributed by atoms with Crippen molar-refractivity contribution in [3.8, 4) is 0 Å². The van der Waals surface area contributed by atoms with Crippen molar-refractivity contribution in [3.05, 3.63) is 59.1 Å². The molecule has 1 saturated carbocycles. The van der Waals surface area contributed by atoms with Gasteiger partial charge in [-0.3, -0.25) is 19.7 Å². The first kappa shape index (κ1) is 16.5. The molecule has 1 saturated heterocycles. The van der Waals surface area contributed by atoms with Gasteiger partial charge in [0.2, 0.25) is 0 Å². The zero-order valence-corrected chi connectivity index (χ0v) is 14.7. The molecule has 4 rings (SSSR count). The molecular weight excluding hydrogens is 336 g/mol.